The molecule has 0 unspecified atom stereocenters. The number of anilines is 1. The van der Waals surface area contributed by atoms with Crippen molar-refractivity contribution in [1.82, 2.24) is 0 Å². The van der Waals surface area contributed by atoms with Crippen LogP contribution >= 0.6 is 0 Å². The van der Waals surface area contributed by atoms with Crippen molar-refractivity contribution in [2.45, 2.75) is 19.8 Å². The van der Waals surface area contributed by atoms with E-state index in [-0.39, 0.29) is 12.8 Å². The van der Waals surface area contributed by atoms with Crippen molar-refractivity contribution in [2.75, 3.05) is 5.06 Å². The van der Waals surface area contributed by atoms with Gasteiger partial charge < -0.3 is 5.11 Å². The average molecular weight is 223 g/mol. The summed E-state index contributed by atoms with van der Waals surface area (Å²) < 4.78 is 0. The van der Waals surface area contributed by atoms with E-state index in [9.17, 15) is 14.8 Å². The van der Waals surface area contributed by atoms with Crippen molar-refractivity contribution in [1.29, 1.82) is 0 Å². The number of hydrogen-bond acceptors (Lipinski definition) is 3. The van der Waals surface area contributed by atoms with Gasteiger partial charge in [0.2, 0.25) is 0 Å². The van der Waals surface area contributed by atoms with Crippen LogP contribution in [0.4, 0.5) is 5.69 Å². The Morgan fingerprint density at radius 3 is 2.44 bits per heavy atom. The molecule has 0 aliphatic heterocycles. The second-order valence-electron chi connectivity index (χ2n) is 3.39. The molecule has 0 aliphatic carbocycles. The third kappa shape index (κ3) is 3.06. The summed E-state index contributed by atoms with van der Waals surface area (Å²) in [6.07, 6.45) is -0.512. The third-order valence-corrected chi connectivity index (χ3v) is 2.13. The van der Waals surface area contributed by atoms with Gasteiger partial charge >= 0.3 is 5.97 Å². The molecule has 0 radical (unpaired) electrons. The Bertz CT molecular complexity index is 403. The maximum Gasteiger partial charge on any atom is 0.303 e. The Labute approximate surface area is 92.9 Å². The Hall–Kier alpha value is -1.88. The lowest BCUT2D eigenvalue weighted by atomic mass is 10.2. The first kappa shape index (κ1) is 12.2. The molecule has 0 saturated heterocycles. The highest BCUT2D eigenvalue weighted by atomic mass is 16.5. The van der Waals surface area contributed by atoms with E-state index in [0.717, 1.165) is 5.56 Å². The number of aliphatic carboxylic acids is 1. The smallest absolute Gasteiger partial charge is 0.303 e. The highest BCUT2D eigenvalue weighted by molar-refractivity contribution is 5.93. The summed E-state index contributed by atoms with van der Waals surface area (Å²) in [5, 5.41) is 18.5. The first-order chi connectivity index (χ1) is 7.52. The van der Waals surface area contributed by atoms with Crippen LogP contribution in [-0.4, -0.2) is 22.2 Å². The van der Waals surface area contributed by atoms with E-state index >= 15 is 0 Å². The molecular formula is C11H13NO4. The zero-order valence-corrected chi connectivity index (χ0v) is 8.88. The number of amides is 1. The lowest BCUT2D eigenvalue weighted by Crippen LogP contribution is -2.27. The summed E-state index contributed by atoms with van der Waals surface area (Å²) in [6.45, 7) is 1.75. The monoisotopic (exact) mass is 223 g/mol. The van der Waals surface area contributed by atoms with Crippen molar-refractivity contribution in [3.05, 3.63) is 29.8 Å². The molecule has 0 spiro atoms. The van der Waals surface area contributed by atoms with Gasteiger partial charge in [0.25, 0.3) is 5.91 Å². The summed E-state index contributed by atoms with van der Waals surface area (Å²) in [7, 11) is 0. The van der Waals surface area contributed by atoms with E-state index in [4.69, 9.17) is 5.11 Å². The minimum Gasteiger partial charge on any atom is -0.481 e. The summed E-state index contributed by atoms with van der Waals surface area (Å²) in [4.78, 5) is 21.7. The minimum absolute atomic E-state index is 0.222. The first-order valence-corrected chi connectivity index (χ1v) is 4.81. The minimum atomic E-state index is -1.06. The Morgan fingerprint density at radius 2 is 1.88 bits per heavy atom. The number of carboxylic acid groups (broad SMARTS) is 1. The van der Waals surface area contributed by atoms with Crippen LogP contribution in [-0.2, 0) is 9.59 Å². The molecule has 0 aliphatic rings. The van der Waals surface area contributed by atoms with Crippen LogP contribution in [0, 0.1) is 6.92 Å². The second kappa shape index (κ2) is 5.27. The Morgan fingerprint density at radius 1 is 1.25 bits per heavy atom. The maximum absolute atomic E-state index is 11.4. The number of hydrogen-bond donors (Lipinski definition) is 2. The number of carboxylic acids is 1. The van der Waals surface area contributed by atoms with Crippen molar-refractivity contribution >= 4 is 17.6 Å². The molecule has 1 amide bonds. The highest BCUT2D eigenvalue weighted by Gasteiger charge is 2.15. The fraction of sp³-hybridized carbons (Fsp3) is 0.273. The SMILES string of the molecule is Cc1ccccc1N(O)C(=O)CCC(=O)O. The summed E-state index contributed by atoms with van der Waals surface area (Å²) >= 11 is 0. The largest absolute Gasteiger partial charge is 0.481 e. The van der Waals surface area contributed by atoms with Gasteiger partial charge in [-0.05, 0) is 18.6 Å². The van der Waals surface area contributed by atoms with Crippen molar-refractivity contribution in [2.24, 2.45) is 0 Å². The molecule has 0 heterocycles. The summed E-state index contributed by atoms with van der Waals surface area (Å²) in [5.74, 6) is -1.69. The lowest BCUT2D eigenvalue weighted by molar-refractivity contribution is -0.139. The second-order valence-corrected chi connectivity index (χ2v) is 3.39. The molecule has 1 aromatic carbocycles. The fourth-order valence-corrected chi connectivity index (χ4v) is 1.26. The molecular weight excluding hydrogens is 210 g/mol. The molecule has 0 aromatic heterocycles. The standard InChI is InChI=1S/C11H13NO4/c1-8-4-2-3-5-9(8)12(16)10(13)6-7-11(14)15/h2-5,16H,6-7H2,1H3,(H,14,15). The molecule has 1 aromatic rings. The molecule has 5 heteroatoms. The van der Waals surface area contributed by atoms with Gasteiger partial charge in [-0.1, -0.05) is 18.2 Å². The van der Waals surface area contributed by atoms with Crippen LogP contribution in [0.15, 0.2) is 24.3 Å². The topological polar surface area (TPSA) is 77.8 Å². The first-order valence-electron chi connectivity index (χ1n) is 4.81. The van der Waals surface area contributed by atoms with Crippen LogP contribution in [0.5, 0.6) is 0 Å². The van der Waals surface area contributed by atoms with E-state index in [0.29, 0.717) is 10.8 Å². The molecule has 0 saturated carbocycles. The quantitative estimate of drug-likeness (QED) is 0.600. The average Bonchev–Trinajstić information content (AvgIpc) is 2.25. The van der Waals surface area contributed by atoms with Gasteiger partial charge in [-0.25, -0.2) is 0 Å². The number of aryl methyl sites for hydroxylation is 1. The Balaban J connectivity index is 2.71. The van der Waals surface area contributed by atoms with E-state index in [1.54, 1.807) is 31.2 Å². The van der Waals surface area contributed by atoms with Crippen LogP contribution in [0.25, 0.3) is 0 Å². The fourth-order valence-electron chi connectivity index (χ4n) is 1.26. The van der Waals surface area contributed by atoms with Crippen LogP contribution in [0.1, 0.15) is 18.4 Å². The molecule has 16 heavy (non-hydrogen) atoms. The van der Waals surface area contributed by atoms with Gasteiger partial charge in [-0.3, -0.25) is 14.8 Å². The molecule has 5 nitrogen and oxygen atoms in total. The molecule has 2 N–H and O–H groups in total. The van der Waals surface area contributed by atoms with Gasteiger partial charge in [0.1, 0.15) is 0 Å². The normalized spacial score (nSPS) is 9.88. The van der Waals surface area contributed by atoms with Gasteiger partial charge in [0.15, 0.2) is 0 Å². The van der Waals surface area contributed by atoms with Gasteiger partial charge in [0, 0.05) is 6.42 Å². The van der Waals surface area contributed by atoms with Gasteiger partial charge in [-0.2, -0.15) is 5.06 Å². The lowest BCUT2D eigenvalue weighted by Gasteiger charge is -2.16. The number of hydroxylamine groups is 1. The van der Waals surface area contributed by atoms with E-state index < -0.39 is 11.9 Å². The molecule has 86 valence electrons. The van der Waals surface area contributed by atoms with Crippen LogP contribution in [0.3, 0.4) is 0 Å². The van der Waals surface area contributed by atoms with Gasteiger partial charge in [0.05, 0.1) is 12.1 Å². The number of carbonyl (C=O) groups is 2. The van der Waals surface area contributed by atoms with E-state index in [2.05, 4.69) is 0 Å². The van der Waals surface area contributed by atoms with Crippen molar-refractivity contribution in [3.63, 3.8) is 0 Å². The third-order valence-electron chi connectivity index (χ3n) is 2.13. The van der Waals surface area contributed by atoms with Crippen LogP contribution < -0.4 is 5.06 Å². The molecule has 0 atom stereocenters. The number of rotatable bonds is 4. The molecule has 1 rings (SSSR count). The van der Waals surface area contributed by atoms with Crippen molar-refractivity contribution < 1.29 is 19.9 Å². The predicted molar refractivity (Wildman–Crippen MR) is 57.3 cm³/mol. The molecule has 0 fully saturated rings. The summed E-state index contributed by atoms with van der Waals surface area (Å²) in [5.41, 5.74) is 1.12. The van der Waals surface area contributed by atoms with Crippen LogP contribution in [0.2, 0.25) is 0 Å². The highest BCUT2D eigenvalue weighted by Crippen LogP contribution is 2.18. The zero-order chi connectivity index (χ0) is 12.1. The number of nitrogens with zero attached hydrogens (tertiary/aromatic N) is 1. The zero-order valence-electron chi connectivity index (χ0n) is 8.88. The van der Waals surface area contributed by atoms with Crippen molar-refractivity contribution in [3.8, 4) is 0 Å². The van der Waals surface area contributed by atoms with Gasteiger partial charge in [-0.15, -0.1) is 0 Å². The van der Waals surface area contributed by atoms with E-state index in [1.807, 2.05) is 0 Å². The Kier molecular flexibility index (Phi) is 4.02. The number of para-hydroxylation sites is 1. The number of benzene rings is 1. The predicted octanol–water partition coefficient (Wildman–Crippen LogP) is 1.58. The maximum atomic E-state index is 11.4. The molecule has 0 bridgehead atoms. The number of carbonyl (C=O) groups excluding carboxylic acids is 1. The van der Waals surface area contributed by atoms with E-state index in [1.165, 1.54) is 0 Å². The summed E-state index contributed by atoms with van der Waals surface area (Å²) in [6, 6.07) is 6.82.